The molecule has 6 nitrogen and oxygen atoms in total. The van der Waals surface area contributed by atoms with Crippen LogP contribution in [-0.2, 0) is 10.0 Å². The van der Waals surface area contributed by atoms with Gasteiger partial charge < -0.3 is 10.2 Å². The number of unbranched alkanes of at least 4 members (excludes halogenated alkanes) is 1. The van der Waals surface area contributed by atoms with Crippen molar-refractivity contribution in [2.45, 2.75) is 43.5 Å². The van der Waals surface area contributed by atoms with E-state index in [9.17, 15) is 8.42 Å². The second-order valence-corrected chi connectivity index (χ2v) is 10.9. The summed E-state index contributed by atoms with van der Waals surface area (Å²) in [5.74, 6) is 0. The van der Waals surface area contributed by atoms with E-state index in [2.05, 4.69) is 26.8 Å². The van der Waals surface area contributed by atoms with Crippen LogP contribution in [0.4, 0.5) is 11.4 Å². The van der Waals surface area contributed by atoms with Crippen LogP contribution in [0.5, 0.6) is 0 Å². The summed E-state index contributed by atoms with van der Waals surface area (Å²) in [6.07, 6.45) is 5.65. The Balaban J connectivity index is 1.45. The molecule has 2 N–H and O–H groups in total. The molecule has 0 spiro atoms. The van der Waals surface area contributed by atoms with E-state index in [4.69, 9.17) is 23.2 Å². The van der Waals surface area contributed by atoms with Gasteiger partial charge in [-0.1, -0.05) is 36.5 Å². The first-order valence-electron chi connectivity index (χ1n) is 11.2. The summed E-state index contributed by atoms with van der Waals surface area (Å²) >= 11 is 12.5. The van der Waals surface area contributed by atoms with Crippen LogP contribution >= 0.6 is 23.2 Å². The highest BCUT2D eigenvalue weighted by atomic mass is 35.5. The first-order chi connectivity index (χ1) is 15.9. The molecule has 0 radical (unpaired) electrons. The molecular formula is C24H28Cl2N4O2S. The molecule has 1 fully saturated rings. The van der Waals surface area contributed by atoms with Gasteiger partial charge in [0.2, 0.25) is 10.0 Å². The molecule has 1 aliphatic rings. The Kier molecular flexibility index (Phi) is 7.76. The molecule has 176 valence electrons. The minimum absolute atomic E-state index is 0.0725. The average molecular weight is 507 g/mol. The van der Waals surface area contributed by atoms with Gasteiger partial charge in [-0.25, -0.2) is 13.1 Å². The predicted molar refractivity (Wildman–Crippen MR) is 136 cm³/mol. The van der Waals surface area contributed by atoms with E-state index >= 15 is 0 Å². The van der Waals surface area contributed by atoms with Crippen molar-refractivity contribution in [2.24, 2.45) is 0 Å². The fraction of sp³-hybridized carbons (Fsp3) is 0.375. The number of piperidine rings is 1. The molecular weight excluding hydrogens is 479 g/mol. The highest BCUT2D eigenvalue weighted by molar-refractivity contribution is 7.89. The largest absolute Gasteiger partial charge is 0.355 e. The van der Waals surface area contributed by atoms with Crippen LogP contribution < -0.4 is 10.0 Å². The van der Waals surface area contributed by atoms with Crippen LogP contribution in [-0.4, -0.2) is 44.0 Å². The maximum Gasteiger partial charge on any atom is 0.242 e. The number of likely N-dealkylation sites (tertiary alicyclic amines) is 1. The minimum Gasteiger partial charge on any atom is -0.355 e. The SMILES string of the molecule is CCCCN1CCC(NS(=O)(=O)c2ccc(Nc3ccnc4cc(Cl)ccc34)cc2Cl)CC1. The Hall–Kier alpha value is -1.90. The van der Waals surface area contributed by atoms with Gasteiger partial charge in [0.25, 0.3) is 0 Å². The summed E-state index contributed by atoms with van der Waals surface area (Å²) in [5.41, 5.74) is 2.28. The van der Waals surface area contributed by atoms with Crippen molar-refractivity contribution < 1.29 is 8.42 Å². The van der Waals surface area contributed by atoms with Crippen molar-refractivity contribution in [3.8, 4) is 0 Å². The van der Waals surface area contributed by atoms with E-state index in [1.807, 2.05) is 12.1 Å². The van der Waals surface area contributed by atoms with Crippen molar-refractivity contribution in [3.63, 3.8) is 0 Å². The van der Waals surface area contributed by atoms with Crippen molar-refractivity contribution in [1.82, 2.24) is 14.6 Å². The fourth-order valence-corrected chi connectivity index (χ4v) is 6.14. The van der Waals surface area contributed by atoms with Gasteiger partial charge >= 0.3 is 0 Å². The number of anilines is 2. The van der Waals surface area contributed by atoms with E-state index in [0.29, 0.717) is 10.7 Å². The maximum atomic E-state index is 13.0. The van der Waals surface area contributed by atoms with Gasteiger partial charge in [0, 0.05) is 34.0 Å². The molecule has 2 heterocycles. The second-order valence-electron chi connectivity index (χ2n) is 8.38. The van der Waals surface area contributed by atoms with Crippen LogP contribution in [0.2, 0.25) is 10.0 Å². The van der Waals surface area contributed by atoms with E-state index < -0.39 is 10.0 Å². The van der Waals surface area contributed by atoms with E-state index in [0.717, 1.165) is 49.1 Å². The number of halogens is 2. The summed E-state index contributed by atoms with van der Waals surface area (Å²) in [5, 5.41) is 4.99. The monoisotopic (exact) mass is 506 g/mol. The van der Waals surface area contributed by atoms with Gasteiger partial charge in [-0.15, -0.1) is 0 Å². The number of nitrogens with zero attached hydrogens (tertiary/aromatic N) is 2. The summed E-state index contributed by atoms with van der Waals surface area (Å²) in [4.78, 5) is 6.84. The maximum absolute atomic E-state index is 13.0. The van der Waals surface area contributed by atoms with Gasteiger partial charge in [0.15, 0.2) is 0 Å². The van der Waals surface area contributed by atoms with Gasteiger partial charge in [-0.3, -0.25) is 4.98 Å². The number of hydrogen-bond acceptors (Lipinski definition) is 5. The molecule has 1 saturated heterocycles. The van der Waals surface area contributed by atoms with Crippen molar-refractivity contribution >= 4 is 55.5 Å². The summed E-state index contributed by atoms with van der Waals surface area (Å²) < 4.78 is 28.8. The molecule has 0 bridgehead atoms. The number of benzene rings is 2. The van der Waals surface area contributed by atoms with Gasteiger partial charge in [-0.2, -0.15) is 0 Å². The zero-order valence-corrected chi connectivity index (χ0v) is 20.8. The summed E-state index contributed by atoms with van der Waals surface area (Å²) in [7, 11) is -3.71. The third-order valence-electron chi connectivity index (χ3n) is 5.94. The zero-order chi connectivity index (χ0) is 23.4. The third kappa shape index (κ3) is 5.97. The number of pyridine rings is 1. The molecule has 0 atom stereocenters. The summed E-state index contributed by atoms with van der Waals surface area (Å²) in [6.45, 7) is 5.08. The number of rotatable bonds is 8. The smallest absolute Gasteiger partial charge is 0.242 e. The lowest BCUT2D eigenvalue weighted by molar-refractivity contribution is 0.205. The molecule has 0 amide bonds. The zero-order valence-electron chi connectivity index (χ0n) is 18.5. The standard InChI is InChI=1S/C24H28Cl2N4O2S/c1-2-3-12-30-13-9-18(10-14-30)29-33(31,32)24-7-5-19(16-21(24)26)28-22-8-11-27-23-15-17(25)4-6-20(22)23/h4-8,11,15-16,18,29H,2-3,9-10,12-14H2,1H3,(H,27,28). The number of nitrogens with one attached hydrogen (secondary N) is 2. The van der Waals surface area contributed by atoms with Crippen molar-refractivity contribution in [2.75, 3.05) is 25.0 Å². The van der Waals surface area contributed by atoms with Crippen molar-refractivity contribution in [3.05, 3.63) is 58.7 Å². The first kappa shape index (κ1) is 24.2. The first-order valence-corrected chi connectivity index (χ1v) is 13.4. The molecule has 3 aromatic rings. The molecule has 1 aliphatic heterocycles. The lowest BCUT2D eigenvalue weighted by atomic mass is 10.1. The van der Waals surface area contributed by atoms with Crippen LogP contribution in [0, 0.1) is 0 Å². The number of aromatic nitrogens is 1. The second kappa shape index (κ2) is 10.6. The molecule has 9 heteroatoms. The number of sulfonamides is 1. The molecule has 0 aliphatic carbocycles. The Labute approximate surface area is 205 Å². The van der Waals surface area contributed by atoms with Crippen LogP contribution in [0.25, 0.3) is 10.9 Å². The number of hydrogen-bond donors (Lipinski definition) is 2. The molecule has 4 rings (SSSR count). The minimum atomic E-state index is -3.71. The molecule has 33 heavy (non-hydrogen) atoms. The molecule has 2 aromatic carbocycles. The molecule has 0 saturated carbocycles. The van der Waals surface area contributed by atoms with Gasteiger partial charge in [0.05, 0.1) is 10.5 Å². The molecule has 0 unspecified atom stereocenters. The lowest BCUT2D eigenvalue weighted by Gasteiger charge is -2.32. The number of fused-ring (bicyclic) bond motifs is 1. The fourth-order valence-electron chi connectivity index (χ4n) is 4.12. The van der Waals surface area contributed by atoms with Crippen LogP contribution in [0.3, 0.4) is 0 Å². The van der Waals surface area contributed by atoms with E-state index in [-0.39, 0.29) is 16.0 Å². The lowest BCUT2D eigenvalue weighted by Crippen LogP contribution is -2.44. The average Bonchev–Trinajstić information content (AvgIpc) is 2.78. The summed E-state index contributed by atoms with van der Waals surface area (Å²) in [6, 6.07) is 12.2. The Bertz CT molecular complexity index is 1230. The van der Waals surface area contributed by atoms with Crippen LogP contribution in [0.1, 0.15) is 32.6 Å². The van der Waals surface area contributed by atoms with E-state index in [1.54, 1.807) is 36.5 Å². The Morgan fingerprint density at radius 3 is 2.61 bits per heavy atom. The highest BCUT2D eigenvalue weighted by Gasteiger charge is 2.26. The predicted octanol–water partition coefficient (Wildman–Crippen LogP) is 5.83. The Morgan fingerprint density at radius 1 is 1.09 bits per heavy atom. The normalized spacial score (nSPS) is 15.7. The highest BCUT2D eigenvalue weighted by Crippen LogP contribution is 2.30. The van der Waals surface area contributed by atoms with Gasteiger partial charge in [0.1, 0.15) is 4.90 Å². The van der Waals surface area contributed by atoms with Crippen molar-refractivity contribution in [1.29, 1.82) is 0 Å². The quantitative estimate of drug-likeness (QED) is 0.402. The van der Waals surface area contributed by atoms with E-state index in [1.165, 1.54) is 12.8 Å². The topological polar surface area (TPSA) is 74.3 Å². The van der Waals surface area contributed by atoms with Gasteiger partial charge in [-0.05, 0) is 81.4 Å². The Morgan fingerprint density at radius 2 is 1.88 bits per heavy atom. The molecule has 1 aromatic heterocycles. The third-order valence-corrected chi connectivity index (χ3v) is 8.18. The van der Waals surface area contributed by atoms with Crippen LogP contribution in [0.15, 0.2) is 53.6 Å².